The number of ketones is 1. The number of aliphatic hydroxyl groups excluding tert-OH is 1. The second-order valence-corrected chi connectivity index (χ2v) is 8.47. The van der Waals surface area contributed by atoms with Gasteiger partial charge in [0, 0.05) is 34.3 Å². The molecule has 1 aromatic heterocycles. The van der Waals surface area contributed by atoms with Gasteiger partial charge in [0.15, 0.2) is 0 Å². The first kappa shape index (κ1) is 20.5. The molecular weight excluding hydrogens is 372 g/mol. The number of hydrogen-bond donors (Lipinski definition) is 2. The Morgan fingerprint density at radius 2 is 2.04 bits per heavy atom. The molecule has 0 aliphatic heterocycles. The summed E-state index contributed by atoms with van der Waals surface area (Å²) in [7, 11) is 0. The normalized spacial score (nSPS) is 22.8. The van der Waals surface area contributed by atoms with Crippen LogP contribution in [0.15, 0.2) is 54.6 Å². The molecule has 0 saturated heterocycles. The van der Waals surface area contributed by atoms with E-state index < -0.39 is 12.1 Å². The highest BCUT2D eigenvalue weighted by atomic mass is 32.1. The highest BCUT2D eigenvalue weighted by Crippen LogP contribution is 2.33. The largest absolute Gasteiger partial charge is 0.481 e. The van der Waals surface area contributed by atoms with E-state index in [1.165, 1.54) is 15.0 Å². The van der Waals surface area contributed by atoms with Gasteiger partial charge < -0.3 is 10.2 Å². The van der Waals surface area contributed by atoms with E-state index in [9.17, 15) is 14.7 Å². The number of unbranched alkanes of at least 4 members (excludes halogenated alkanes) is 1. The number of hydrogen-bond acceptors (Lipinski definition) is 4. The molecule has 1 aliphatic rings. The molecule has 1 heterocycles. The van der Waals surface area contributed by atoms with Gasteiger partial charge in [0.2, 0.25) is 0 Å². The molecule has 2 N–H and O–H groups in total. The predicted octanol–water partition coefficient (Wildman–Crippen LogP) is 4.77. The summed E-state index contributed by atoms with van der Waals surface area (Å²) < 4.78 is 1.27. The van der Waals surface area contributed by atoms with Crippen molar-refractivity contribution in [3.8, 4) is 0 Å². The van der Waals surface area contributed by atoms with Crippen LogP contribution in [0.3, 0.4) is 0 Å². The number of carboxylic acid groups (broad SMARTS) is 1. The van der Waals surface area contributed by atoms with E-state index in [0.29, 0.717) is 19.3 Å². The van der Waals surface area contributed by atoms with Crippen LogP contribution in [0.2, 0.25) is 0 Å². The average Bonchev–Trinajstić information content (AvgIpc) is 3.18. The van der Waals surface area contributed by atoms with Crippen molar-refractivity contribution < 1.29 is 19.8 Å². The van der Waals surface area contributed by atoms with Crippen LogP contribution in [0.25, 0.3) is 10.1 Å². The van der Waals surface area contributed by atoms with Crippen LogP contribution in [0.5, 0.6) is 0 Å². The fourth-order valence-corrected chi connectivity index (χ4v) is 4.78. The van der Waals surface area contributed by atoms with Gasteiger partial charge in [-0.05, 0) is 43.2 Å². The second kappa shape index (κ2) is 9.80. The molecule has 0 spiro atoms. The highest BCUT2D eigenvalue weighted by molar-refractivity contribution is 7.19. The van der Waals surface area contributed by atoms with Gasteiger partial charge in [0.1, 0.15) is 5.78 Å². The summed E-state index contributed by atoms with van der Waals surface area (Å²) in [5, 5.41) is 20.2. The lowest BCUT2D eigenvalue weighted by molar-refractivity contribution is -0.137. The van der Waals surface area contributed by atoms with E-state index in [1.807, 2.05) is 30.4 Å². The molecule has 0 radical (unpaired) electrons. The Hall–Kier alpha value is -2.24. The van der Waals surface area contributed by atoms with Crippen molar-refractivity contribution in [2.24, 2.45) is 11.8 Å². The van der Waals surface area contributed by atoms with Crippen LogP contribution >= 0.6 is 11.3 Å². The Labute approximate surface area is 169 Å². The number of carbonyl (C=O) groups excluding carboxylic acids is 1. The molecule has 3 rings (SSSR count). The summed E-state index contributed by atoms with van der Waals surface area (Å²) in [5.41, 5.74) is 0. The van der Waals surface area contributed by atoms with Crippen molar-refractivity contribution in [3.63, 3.8) is 0 Å². The highest BCUT2D eigenvalue weighted by Gasteiger charge is 2.38. The first-order valence-corrected chi connectivity index (χ1v) is 10.6. The number of carboxylic acids is 1. The Bertz CT molecular complexity index is 847. The van der Waals surface area contributed by atoms with E-state index in [0.717, 1.165) is 6.42 Å². The number of allylic oxidation sites excluding steroid dienone is 3. The number of Topliss-reactive ketones (excluding diaryl/α,β-unsaturated/α-hetero) is 1. The van der Waals surface area contributed by atoms with Gasteiger partial charge in [0.05, 0.1) is 6.10 Å². The molecule has 148 valence electrons. The second-order valence-electron chi connectivity index (χ2n) is 7.30. The van der Waals surface area contributed by atoms with Crippen LogP contribution in [-0.4, -0.2) is 28.1 Å². The number of aliphatic hydroxyl groups is 1. The third kappa shape index (κ3) is 5.40. The van der Waals surface area contributed by atoms with Gasteiger partial charge in [-0.3, -0.25) is 9.59 Å². The molecule has 1 unspecified atom stereocenters. The number of rotatable bonds is 9. The molecule has 1 fully saturated rings. The topological polar surface area (TPSA) is 74.6 Å². The third-order valence-electron chi connectivity index (χ3n) is 5.20. The Morgan fingerprint density at radius 3 is 2.82 bits per heavy atom. The third-order valence-corrected chi connectivity index (χ3v) is 6.34. The van der Waals surface area contributed by atoms with Crippen LogP contribution in [0.1, 0.15) is 37.0 Å². The van der Waals surface area contributed by atoms with Gasteiger partial charge in [0.25, 0.3) is 0 Å². The summed E-state index contributed by atoms with van der Waals surface area (Å²) in [6, 6.07) is 10.5. The van der Waals surface area contributed by atoms with E-state index in [4.69, 9.17) is 5.11 Å². The van der Waals surface area contributed by atoms with Crippen molar-refractivity contribution in [1.29, 1.82) is 0 Å². The van der Waals surface area contributed by atoms with Gasteiger partial charge in [-0.25, -0.2) is 0 Å². The van der Waals surface area contributed by atoms with Crippen molar-refractivity contribution >= 4 is 33.2 Å². The van der Waals surface area contributed by atoms with Gasteiger partial charge in [-0.15, -0.1) is 11.3 Å². The Balaban J connectivity index is 1.55. The lowest BCUT2D eigenvalue weighted by Crippen LogP contribution is -2.18. The molecule has 0 bridgehead atoms. The maximum atomic E-state index is 12.3. The van der Waals surface area contributed by atoms with Crippen LogP contribution in [0.4, 0.5) is 0 Å². The van der Waals surface area contributed by atoms with E-state index in [2.05, 4.69) is 24.3 Å². The molecule has 4 nitrogen and oxygen atoms in total. The standard InChI is InChI=1S/C23H26O4S/c24-20-15-21(25)19(18(20)10-3-1-2-4-13-23(26)27)11-7-9-17-14-16-8-5-6-12-22(16)28-17/h1,3,5-8,11-12,14,18-19,21,25H,2,4,9-10,13,15H2,(H,26,27)/b3-1-,11-7+/t18-,19?,21-/m1/s1. The zero-order valence-corrected chi connectivity index (χ0v) is 16.6. The zero-order valence-electron chi connectivity index (χ0n) is 15.8. The molecule has 1 aliphatic carbocycles. The van der Waals surface area contributed by atoms with Crippen molar-refractivity contribution in [1.82, 2.24) is 0 Å². The number of fused-ring (bicyclic) bond motifs is 1. The number of aliphatic carboxylic acids is 1. The molecule has 1 aromatic carbocycles. The van der Waals surface area contributed by atoms with Gasteiger partial charge in [-0.2, -0.15) is 0 Å². The Kier molecular flexibility index (Phi) is 7.18. The molecular formula is C23H26O4S. The van der Waals surface area contributed by atoms with Crippen molar-refractivity contribution in [2.45, 2.75) is 44.6 Å². The van der Waals surface area contributed by atoms with Crippen LogP contribution in [-0.2, 0) is 16.0 Å². The minimum atomic E-state index is -0.786. The van der Waals surface area contributed by atoms with E-state index in [-0.39, 0.29) is 30.5 Å². The van der Waals surface area contributed by atoms with E-state index in [1.54, 1.807) is 11.3 Å². The van der Waals surface area contributed by atoms with Crippen molar-refractivity contribution in [3.05, 3.63) is 59.5 Å². The molecule has 5 heteroatoms. The quantitative estimate of drug-likeness (QED) is 0.471. The molecule has 1 saturated carbocycles. The summed E-state index contributed by atoms with van der Waals surface area (Å²) in [4.78, 5) is 24.0. The van der Waals surface area contributed by atoms with Gasteiger partial charge >= 0.3 is 5.97 Å². The van der Waals surface area contributed by atoms with Crippen LogP contribution in [0, 0.1) is 11.8 Å². The minimum absolute atomic E-state index is 0.110. The van der Waals surface area contributed by atoms with Crippen molar-refractivity contribution in [2.75, 3.05) is 0 Å². The summed E-state index contributed by atoms with van der Waals surface area (Å²) in [6.07, 6.45) is 10.4. The average molecular weight is 399 g/mol. The maximum Gasteiger partial charge on any atom is 0.303 e. The van der Waals surface area contributed by atoms with Crippen LogP contribution < -0.4 is 0 Å². The minimum Gasteiger partial charge on any atom is -0.481 e. The summed E-state index contributed by atoms with van der Waals surface area (Å²) >= 11 is 1.77. The zero-order chi connectivity index (χ0) is 19.9. The molecule has 0 amide bonds. The molecule has 2 aromatic rings. The lowest BCUT2D eigenvalue weighted by Gasteiger charge is -2.15. The SMILES string of the molecule is O=C(O)CCC/C=C\C[C@H]1C(=O)C[C@@H](O)C1/C=C/Cc1cc2ccccc2s1. The lowest BCUT2D eigenvalue weighted by atomic mass is 9.90. The summed E-state index contributed by atoms with van der Waals surface area (Å²) in [6.45, 7) is 0. The van der Waals surface area contributed by atoms with Gasteiger partial charge in [-0.1, -0.05) is 42.5 Å². The predicted molar refractivity (Wildman–Crippen MR) is 113 cm³/mol. The maximum absolute atomic E-state index is 12.3. The monoisotopic (exact) mass is 398 g/mol. The van der Waals surface area contributed by atoms with E-state index >= 15 is 0 Å². The molecule has 3 atom stereocenters. The number of thiophene rings is 1. The summed E-state index contributed by atoms with van der Waals surface area (Å²) in [5.74, 6) is -1.01. The number of carbonyl (C=O) groups is 2. The molecule has 28 heavy (non-hydrogen) atoms. The fraction of sp³-hybridized carbons (Fsp3) is 0.391. The first-order valence-electron chi connectivity index (χ1n) is 9.76. The smallest absolute Gasteiger partial charge is 0.303 e. The number of benzene rings is 1. The Morgan fingerprint density at radius 1 is 1.21 bits per heavy atom. The first-order chi connectivity index (χ1) is 13.5. The fourth-order valence-electron chi connectivity index (χ4n) is 3.74.